The van der Waals surface area contributed by atoms with Crippen LogP contribution in [-0.4, -0.2) is 0 Å². The fourth-order valence-electron chi connectivity index (χ4n) is 7.38. The van der Waals surface area contributed by atoms with Crippen LogP contribution in [0.15, 0.2) is 174 Å². The van der Waals surface area contributed by atoms with Gasteiger partial charge in [0.2, 0.25) is 0 Å². The lowest BCUT2D eigenvalue weighted by Crippen LogP contribution is -2.28. The SMILES string of the molecule is c1ccc(-c2ccc(Nc3ccc(C4(c5cccc6c5oc5ccccc56)c5ccccc5-c5ccccc54)cc3)cc2)cc1. The highest BCUT2D eigenvalue weighted by Gasteiger charge is 2.47. The summed E-state index contributed by atoms with van der Waals surface area (Å²) in [5.74, 6) is 0. The van der Waals surface area contributed by atoms with Crippen molar-refractivity contribution in [2.24, 2.45) is 0 Å². The van der Waals surface area contributed by atoms with Crippen molar-refractivity contribution in [3.8, 4) is 22.3 Å². The van der Waals surface area contributed by atoms with Crippen LogP contribution in [0.2, 0.25) is 0 Å². The van der Waals surface area contributed by atoms with Gasteiger partial charge < -0.3 is 9.73 Å². The molecule has 0 atom stereocenters. The van der Waals surface area contributed by atoms with Gasteiger partial charge in [0.05, 0.1) is 5.41 Å². The lowest BCUT2D eigenvalue weighted by molar-refractivity contribution is 0.648. The fraction of sp³-hybridized carbons (Fsp3) is 0.0233. The Hall–Kier alpha value is -5.86. The van der Waals surface area contributed by atoms with Crippen LogP contribution in [0.25, 0.3) is 44.2 Å². The quantitative estimate of drug-likeness (QED) is 0.221. The van der Waals surface area contributed by atoms with Gasteiger partial charge in [-0.1, -0.05) is 140 Å². The molecule has 1 aliphatic rings. The van der Waals surface area contributed by atoms with Crippen molar-refractivity contribution in [1.29, 1.82) is 0 Å². The number of benzene rings is 7. The number of rotatable bonds is 5. The molecule has 0 unspecified atom stereocenters. The van der Waals surface area contributed by atoms with Crippen molar-refractivity contribution >= 4 is 33.3 Å². The Balaban J connectivity index is 1.20. The molecule has 9 rings (SSSR count). The minimum atomic E-state index is -0.545. The van der Waals surface area contributed by atoms with Crippen LogP contribution in [-0.2, 0) is 5.41 Å². The first-order valence-corrected chi connectivity index (χ1v) is 15.4. The second-order valence-corrected chi connectivity index (χ2v) is 11.8. The van der Waals surface area contributed by atoms with E-state index in [1.54, 1.807) is 0 Å². The molecule has 1 heterocycles. The highest BCUT2D eigenvalue weighted by Crippen LogP contribution is 2.57. The van der Waals surface area contributed by atoms with Gasteiger partial charge in [-0.15, -0.1) is 0 Å². The highest BCUT2D eigenvalue weighted by atomic mass is 16.3. The van der Waals surface area contributed by atoms with E-state index in [1.165, 1.54) is 38.9 Å². The van der Waals surface area contributed by atoms with Crippen LogP contribution in [0.1, 0.15) is 22.3 Å². The monoisotopic (exact) mass is 575 g/mol. The highest BCUT2D eigenvalue weighted by molar-refractivity contribution is 6.07. The van der Waals surface area contributed by atoms with E-state index in [9.17, 15) is 0 Å². The Bertz CT molecular complexity index is 2280. The van der Waals surface area contributed by atoms with E-state index in [0.29, 0.717) is 0 Å². The third kappa shape index (κ3) is 3.89. The van der Waals surface area contributed by atoms with Crippen molar-refractivity contribution in [2.45, 2.75) is 5.41 Å². The van der Waals surface area contributed by atoms with Gasteiger partial charge in [0.25, 0.3) is 0 Å². The van der Waals surface area contributed by atoms with E-state index in [4.69, 9.17) is 4.42 Å². The van der Waals surface area contributed by atoms with Gasteiger partial charge in [-0.05, 0) is 69.3 Å². The number of hydrogen-bond donors (Lipinski definition) is 1. The molecule has 45 heavy (non-hydrogen) atoms. The summed E-state index contributed by atoms with van der Waals surface area (Å²) in [5, 5.41) is 5.90. The Labute approximate surface area is 262 Å². The standard InChI is InChI=1S/C43H29NO/c1-2-11-29(12-3-1)30-21-25-32(26-22-30)44-33-27-23-31(24-28-33)43(38-17-7-4-13-34(38)35-14-5-8-18-39(35)43)40-19-10-16-37-36-15-6-9-20-41(36)45-42(37)40/h1-28,44H. The molecular weight excluding hydrogens is 546 g/mol. The van der Waals surface area contributed by atoms with Crippen molar-refractivity contribution in [3.63, 3.8) is 0 Å². The molecule has 0 amide bonds. The van der Waals surface area contributed by atoms with Gasteiger partial charge in [-0.25, -0.2) is 0 Å². The second kappa shape index (κ2) is 10.1. The minimum absolute atomic E-state index is 0.545. The predicted octanol–water partition coefficient (Wildman–Crippen LogP) is 11.4. The summed E-state index contributed by atoms with van der Waals surface area (Å²) in [6.45, 7) is 0. The lowest BCUT2D eigenvalue weighted by Gasteiger charge is -2.34. The maximum atomic E-state index is 6.70. The molecule has 0 saturated carbocycles. The van der Waals surface area contributed by atoms with Crippen LogP contribution < -0.4 is 5.32 Å². The molecule has 0 spiro atoms. The van der Waals surface area contributed by atoms with Gasteiger partial charge in [0, 0.05) is 27.7 Å². The molecule has 1 N–H and O–H groups in total. The normalized spacial score (nSPS) is 13.1. The summed E-state index contributed by atoms with van der Waals surface area (Å²) in [6, 6.07) is 60.7. The maximum absolute atomic E-state index is 6.70. The first-order valence-electron chi connectivity index (χ1n) is 15.4. The zero-order valence-electron chi connectivity index (χ0n) is 24.6. The average Bonchev–Trinajstić information content (AvgIpc) is 3.64. The molecule has 2 heteroatoms. The molecule has 0 bridgehead atoms. The molecule has 2 nitrogen and oxygen atoms in total. The molecule has 212 valence electrons. The molecule has 0 aliphatic heterocycles. The Morgan fingerprint density at radius 1 is 0.400 bits per heavy atom. The summed E-state index contributed by atoms with van der Waals surface area (Å²) < 4.78 is 6.70. The van der Waals surface area contributed by atoms with Crippen molar-refractivity contribution in [1.82, 2.24) is 0 Å². The minimum Gasteiger partial charge on any atom is -0.456 e. The zero-order valence-corrected chi connectivity index (χ0v) is 24.6. The first-order chi connectivity index (χ1) is 22.3. The van der Waals surface area contributed by atoms with Crippen LogP contribution in [0.5, 0.6) is 0 Å². The predicted molar refractivity (Wildman–Crippen MR) is 186 cm³/mol. The number of hydrogen-bond acceptors (Lipinski definition) is 2. The van der Waals surface area contributed by atoms with Crippen LogP contribution in [0.3, 0.4) is 0 Å². The average molecular weight is 576 g/mol. The molecule has 0 radical (unpaired) electrons. The summed E-state index contributed by atoms with van der Waals surface area (Å²) in [6.07, 6.45) is 0. The number of furan rings is 1. The molecule has 0 fully saturated rings. The van der Waals surface area contributed by atoms with Crippen molar-refractivity contribution in [3.05, 3.63) is 192 Å². The number of para-hydroxylation sites is 2. The molecule has 0 saturated heterocycles. The smallest absolute Gasteiger partial charge is 0.140 e. The third-order valence-electron chi connectivity index (χ3n) is 9.36. The van der Waals surface area contributed by atoms with E-state index in [1.807, 2.05) is 12.1 Å². The Morgan fingerprint density at radius 2 is 0.933 bits per heavy atom. The molecule has 1 aliphatic carbocycles. The van der Waals surface area contributed by atoms with Gasteiger partial charge in [0.15, 0.2) is 0 Å². The number of fused-ring (bicyclic) bond motifs is 6. The summed E-state index contributed by atoms with van der Waals surface area (Å²) in [5.41, 5.74) is 13.3. The van der Waals surface area contributed by atoms with Gasteiger partial charge in [-0.3, -0.25) is 0 Å². The first kappa shape index (κ1) is 25.6. The summed E-state index contributed by atoms with van der Waals surface area (Å²) in [7, 11) is 0. The van der Waals surface area contributed by atoms with E-state index in [-0.39, 0.29) is 0 Å². The lowest BCUT2D eigenvalue weighted by atomic mass is 9.67. The Kier molecular flexibility index (Phi) is 5.76. The summed E-state index contributed by atoms with van der Waals surface area (Å²) >= 11 is 0. The fourth-order valence-corrected chi connectivity index (χ4v) is 7.38. The molecule has 7 aromatic carbocycles. The number of anilines is 2. The summed E-state index contributed by atoms with van der Waals surface area (Å²) in [4.78, 5) is 0. The molecular formula is C43H29NO. The van der Waals surface area contributed by atoms with Gasteiger partial charge in [-0.2, -0.15) is 0 Å². The van der Waals surface area contributed by atoms with Crippen LogP contribution in [0, 0.1) is 0 Å². The van der Waals surface area contributed by atoms with Gasteiger partial charge >= 0.3 is 0 Å². The van der Waals surface area contributed by atoms with E-state index in [0.717, 1.165) is 38.9 Å². The number of nitrogens with one attached hydrogen (secondary N) is 1. The molecule has 8 aromatic rings. The largest absolute Gasteiger partial charge is 0.456 e. The molecule has 1 aromatic heterocycles. The van der Waals surface area contributed by atoms with E-state index < -0.39 is 5.41 Å². The second-order valence-electron chi connectivity index (χ2n) is 11.8. The van der Waals surface area contributed by atoms with Gasteiger partial charge in [0.1, 0.15) is 11.2 Å². The Morgan fingerprint density at radius 3 is 1.64 bits per heavy atom. The maximum Gasteiger partial charge on any atom is 0.140 e. The van der Waals surface area contributed by atoms with Crippen LogP contribution >= 0.6 is 0 Å². The topological polar surface area (TPSA) is 25.2 Å². The zero-order chi connectivity index (χ0) is 29.8. The van der Waals surface area contributed by atoms with Crippen molar-refractivity contribution in [2.75, 3.05) is 5.32 Å². The van der Waals surface area contributed by atoms with E-state index >= 15 is 0 Å². The third-order valence-corrected chi connectivity index (χ3v) is 9.36. The van der Waals surface area contributed by atoms with E-state index in [2.05, 4.69) is 163 Å². The van der Waals surface area contributed by atoms with Crippen molar-refractivity contribution < 1.29 is 4.42 Å². The van der Waals surface area contributed by atoms with Crippen LogP contribution in [0.4, 0.5) is 11.4 Å².